The molecular formula is C12H18N2O. The maximum absolute atomic E-state index is 11.6. The van der Waals surface area contributed by atoms with Crippen molar-refractivity contribution in [2.75, 3.05) is 0 Å². The van der Waals surface area contributed by atoms with E-state index < -0.39 is 0 Å². The molecule has 0 saturated heterocycles. The van der Waals surface area contributed by atoms with Crippen LogP contribution in [0, 0.1) is 0 Å². The van der Waals surface area contributed by atoms with E-state index in [4.69, 9.17) is 0 Å². The molecule has 1 aliphatic rings. The number of aromatic nitrogens is 1. The molecule has 82 valence electrons. The molecule has 0 aliphatic heterocycles. The summed E-state index contributed by atoms with van der Waals surface area (Å²) in [5.74, 6) is 0.143. The zero-order valence-corrected chi connectivity index (χ0v) is 8.96. The highest BCUT2D eigenvalue weighted by Gasteiger charge is 2.15. The summed E-state index contributed by atoms with van der Waals surface area (Å²) in [5.41, 5.74) is 0.989. The minimum absolute atomic E-state index is 0.143. The van der Waals surface area contributed by atoms with Crippen molar-refractivity contribution in [1.82, 2.24) is 10.3 Å². The first-order valence-electron chi connectivity index (χ1n) is 5.76. The van der Waals surface area contributed by atoms with Crippen LogP contribution in [0.25, 0.3) is 0 Å². The number of carbonyl (C=O) groups is 1. The normalized spacial score (nSPS) is 17.6. The average Bonchev–Trinajstić information content (AvgIpc) is 2.71. The first-order valence-corrected chi connectivity index (χ1v) is 5.76. The number of hydrogen-bond donors (Lipinski definition) is 2. The molecule has 1 aliphatic carbocycles. The Morgan fingerprint density at radius 2 is 2.20 bits per heavy atom. The molecule has 0 atom stereocenters. The first kappa shape index (κ1) is 10.3. The van der Waals surface area contributed by atoms with Crippen LogP contribution >= 0.6 is 0 Å². The molecule has 3 nitrogen and oxygen atoms in total. The number of H-pyrrole nitrogens is 1. The van der Waals surface area contributed by atoms with E-state index in [1.807, 2.05) is 18.3 Å². The summed E-state index contributed by atoms with van der Waals surface area (Å²) < 4.78 is 0. The Morgan fingerprint density at radius 3 is 2.87 bits per heavy atom. The van der Waals surface area contributed by atoms with Gasteiger partial charge < -0.3 is 10.3 Å². The van der Waals surface area contributed by atoms with E-state index in [-0.39, 0.29) is 5.91 Å². The van der Waals surface area contributed by atoms with E-state index in [1.165, 1.54) is 19.3 Å². The minimum Gasteiger partial charge on any atom is -0.365 e. The van der Waals surface area contributed by atoms with Gasteiger partial charge in [0, 0.05) is 17.9 Å². The van der Waals surface area contributed by atoms with Crippen molar-refractivity contribution < 1.29 is 4.79 Å². The summed E-state index contributed by atoms with van der Waals surface area (Å²) in [7, 11) is 0. The van der Waals surface area contributed by atoms with Crippen molar-refractivity contribution in [1.29, 1.82) is 0 Å². The van der Waals surface area contributed by atoms with Gasteiger partial charge in [-0.05, 0) is 25.0 Å². The van der Waals surface area contributed by atoms with Gasteiger partial charge in [0.15, 0.2) is 0 Å². The summed E-state index contributed by atoms with van der Waals surface area (Å²) in [6.45, 7) is 0. The van der Waals surface area contributed by atoms with Crippen molar-refractivity contribution in [3.63, 3.8) is 0 Å². The first-order chi connectivity index (χ1) is 7.34. The van der Waals surface area contributed by atoms with Crippen LogP contribution in [-0.4, -0.2) is 16.9 Å². The lowest BCUT2D eigenvalue weighted by molar-refractivity contribution is -0.121. The lowest BCUT2D eigenvalue weighted by Gasteiger charge is -2.22. The lowest BCUT2D eigenvalue weighted by Crippen LogP contribution is -2.37. The van der Waals surface area contributed by atoms with Gasteiger partial charge in [-0.25, -0.2) is 0 Å². The van der Waals surface area contributed by atoms with Gasteiger partial charge >= 0.3 is 0 Å². The van der Waals surface area contributed by atoms with Crippen LogP contribution < -0.4 is 5.32 Å². The fraction of sp³-hybridized carbons (Fsp3) is 0.583. The third kappa shape index (κ3) is 3.11. The highest BCUT2D eigenvalue weighted by Crippen LogP contribution is 2.17. The van der Waals surface area contributed by atoms with Crippen LogP contribution in [0.5, 0.6) is 0 Å². The number of nitrogens with one attached hydrogen (secondary N) is 2. The van der Waals surface area contributed by atoms with Gasteiger partial charge in [-0.2, -0.15) is 0 Å². The molecule has 1 fully saturated rings. The molecule has 2 N–H and O–H groups in total. The number of hydrogen-bond acceptors (Lipinski definition) is 1. The van der Waals surface area contributed by atoms with Crippen LogP contribution in [-0.2, 0) is 11.2 Å². The molecule has 0 radical (unpaired) electrons. The van der Waals surface area contributed by atoms with Gasteiger partial charge in [-0.3, -0.25) is 4.79 Å². The van der Waals surface area contributed by atoms with E-state index in [0.717, 1.165) is 18.5 Å². The summed E-state index contributed by atoms with van der Waals surface area (Å²) in [6, 6.07) is 4.28. The third-order valence-corrected chi connectivity index (χ3v) is 2.98. The zero-order valence-electron chi connectivity index (χ0n) is 8.96. The van der Waals surface area contributed by atoms with Crippen LogP contribution in [0.1, 0.15) is 37.8 Å². The van der Waals surface area contributed by atoms with Crippen molar-refractivity contribution >= 4 is 5.91 Å². The van der Waals surface area contributed by atoms with E-state index >= 15 is 0 Å². The Bertz CT molecular complexity index is 299. The Hall–Kier alpha value is -1.25. The van der Waals surface area contributed by atoms with Crippen LogP contribution in [0.15, 0.2) is 18.3 Å². The minimum atomic E-state index is 0.143. The predicted molar refractivity (Wildman–Crippen MR) is 59.5 cm³/mol. The van der Waals surface area contributed by atoms with Gasteiger partial charge in [-0.1, -0.05) is 19.3 Å². The fourth-order valence-corrected chi connectivity index (χ4v) is 2.18. The second-order valence-corrected chi connectivity index (χ2v) is 4.27. The smallest absolute Gasteiger partial charge is 0.226 e. The summed E-state index contributed by atoms with van der Waals surface area (Å²) in [5, 5.41) is 3.10. The van der Waals surface area contributed by atoms with Crippen LogP contribution in [0.3, 0.4) is 0 Å². The number of carbonyl (C=O) groups excluding carboxylic acids is 1. The SMILES string of the molecule is O=C(Cc1ccc[nH]1)NC1CCCCC1. The van der Waals surface area contributed by atoms with Gasteiger partial charge in [0.2, 0.25) is 5.91 Å². The molecule has 1 saturated carbocycles. The Morgan fingerprint density at radius 1 is 1.40 bits per heavy atom. The molecule has 0 spiro atoms. The van der Waals surface area contributed by atoms with E-state index in [2.05, 4.69) is 10.3 Å². The fourth-order valence-electron chi connectivity index (χ4n) is 2.18. The largest absolute Gasteiger partial charge is 0.365 e. The standard InChI is InChI=1S/C12H18N2O/c15-12(9-11-7-4-8-13-11)14-10-5-2-1-3-6-10/h4,7-8,10,13H,1-3,5-6,9H2,(H,14,15). The van der Waals surface area contributed by atoms with E-state index in [1.54, 1.807) is 0 Å². The molecular weight excluding hydrogens is 188 g/mol. The average molecular weight is 206 g/mol. The number of rotatable bonds is 3. The maximum atomic E-state index is 11.6. The number of amides is 1. The Balaban J connectivity index is 1.76. The molecule has 3 heteroatoms. The van der Waals surface area contributed by atoms with Gasteiger partial charge in [0.1, 0.15) is 0 Å². The second-order valence-electron chi connectivity index (χ2n) is 4.27. The quantitative estimate of drug-likeness (QED) is 0.780. The van der Waals surface area contributed by atoms with E-state index in [9.17, 15) is 4.79 Å². The monoisotopic (exact) mass is 206 g/mol. The predicted octanol–water partition coefficient (Wildman–Crippen LogP) is 2.01. The van der Waals surface area contributed by atoms with Crippen LogP contribution in [0.4, 0.5) is 0 Å². The molecule has 0 bridgehead atoms. The third-order valence-electron chi connectivity index (χ3n) is 2.98. The molecule has 2 rings (SSSR count). The summed E-state index contributed by atoms with van der Waals surface area (Å²) in [6.07, 6.45) is 8.46. The van der Waals surface area contributed by atoms with Crippen molar-refractivity contribution in [2.24, 2.45) is 0 Å². The number of aromatic amines is 1. The topological polar surface area (TPSA) is 44.9 Å². The van der Waals surface area contributed by atoms with Gasteiger partial charge in [0.05, 0.1) is 6.42 Å². The van der Waals surface area contributed by atoms with E-state index in [0.29, 0.717) is 12.5 Å². The van der Waals surface area contributed by atoms with Gasteiger partial charge in [0.25, 0.3) is 0 Å². The van der Waals surface area contributed by atoms with Crippen molar-refractivity contribution in [3.05, 3.63) is 24.0 Å². The summed E-state index contributed by atoms with van der Waals surface area (Å²) >= 11 is 0. The molecule has 1 heterocycles. The molecule has 1 aromatic heterocycles. The maximum Gasteiger partial charge on any atom is 0.226 e. The Labute approximate surface area is 90.3 Å². The van der Waals surface area contributed by atoms with Gasteiger partial charge in [-0.15, -0.1) is 0 Å². The van der Waals surface area contributed by atoms with Crippen LogP contribution in [0.2, 0.25) is 0 Å². The van der Waals surface area contributed by atoms with Crippen molar-refractivity contribution in [3.8, 4) is 0 Å². The molecule has 1 aromatic rings. The highest BCUT2D eigenvalue weighted by atomic mass is 16.1. The lowest BCUT2D eigenvalue weighted by atomic mass is 9.95. The molecule has 0 unspecified atom stereocenters. The molecule has 15 heavy (non-hydrogen) atoms. The molecule has 1 amide bonds. The highest BCUT2D eigenvalue weighted by molar-refractivity contribution is 5.78. The summed E-state index contributed by atoms with van der Waals surface area (Å²) in [4.78, 5) is 14.7. The second kappa shape index (κ2) is 5.01. The van der Waals surface area contributed by atoms with Crippen molar-refractivity contribution in [2.45, 2.75) is 44.6 Å². The zero-order chi connectivity index (χ0) is 10.5. The molecule has 0 aromatic carbocycles. The Kier molecular flexibility index (Phi) is 3.43.